The summed E-state index contributed by atoms with van der Waals surface area (Å²) in [4.78, 5) is 21.1. The van der Waals surface area contributed by atoms with Crippen molar-refractivity contribution in [3.05, 3.63) is 88.9 Å². The minimum Gasteiger partial charge on any atom is -0.334 e. The van der Waals surface area contributed by atoms with Crippen LogP contribution in [0.1, 0.15) is 32.6 Å². The van der Waals surface area contributed by atoms with Crippen LogP contribution in [-0.2, 0) is 7.05 Å². The first-order valence-corrected chi connectivity index (χ1v) is 9.27. The number of hydrogen-bond donors (Lipinski definition) is 1. The number of rotatable bonds is 2. The molecule has 142 valence electrons. The molecule has 0 fully saturated rings. The van der Waals surface area contributed by atoms with E-state index in [1.54, 1.807) is 18.6 Å². The Hall–Kier alpha value is -3.91. The second-order valence-corrected chi connectivity index (χ2v) is 7.01. The van der Waals surface area contributed by atoms with Gasteiger partial charge in [-0.1, -0.05) is 17.9 Å². The van der Waals surface area contributed by atoms with E-state index in [-0.39, 0.29) is 5.91 Å². The number of nitrogens with one attached hydrogen (secondary N) is 1. The topological polar surface area (TPSA) is 59.8 Å². The minimum absolute atomic E-state index is 0.206. The molecule has 4 rings (SSSR count). The highest BCUT2D eigenvalue weighted by atomic mass is 16.1. The maximum atomic E-state index is 12.6. The second-order valence-electron chi connectivity index (χ2n) is 7.01. The average Bonchev–Trinajstić information content (AvgIpc) is 3.07. The van der Waals surface area contributed by atoms with Crippen LogP contribution in [0.25, 0.3) is 11.0 Å². The zero-order valence-electron chi connectivity index (χ0n) is 16.5. The zero-order chi connectivity index (χ0) is 20.4. The molecule has 0 aliphatic heterocycles. The molecule has 4 aromatic rings. The summed E-state index contributed by atoms with van der Waals surface area (Å²) >= 11 is 0. The van der Waals surface area contributed by atoms with Crippen molar-refractivity contribution in [2.24, 2.45) is 7.05 Å². The van der Waals surface area contributed by atoms with Gasteiger partial charge in [0.15, 0.2) is 0 Å². The molecule has 1 amide bonds. The number of carbonyl (C=O) groups is 1. The minimum atomic E-state index is -0.206. The number of benzene rings is 2. The highest BCUT2D eigenvalue weighted by molar-refractivity contribution is 6.04. The van der Waals surface area contributed by atoms with E-state index in [0.29, 0.717) is 11.4 Å². The van der Waals surface area contributed by atoms with Gasteiger partial charge in [-0.15, -0.1) is 0 Å². The normalized spacial score (nSPS) is 10.4. The third-order valence-electron chi connectivity index (χ3n) is 4.72. The van der Waals surface area contributed by atoms with Gasteiger partial charge in [0, 0.05) is 29.9 Å². The molecule has 2 heterocycles. The van der Waals surface area contributed by atoms with Gasteiger partial charge in [0.25, 0.3) is 5.91 Å². The molecule has 0 aliphatic rings. The maximum absolute atomic E-state index is 12.6. The van der Waals surface area contributed by atoms with E-state index in [2.05, 4.69) is 27.1 Å². The third kappa shape index (κ3) is 4.02. The number of pyridine rings is 1. The standard InChI is InChI=1S/C24H20N4O/c1-16-10-11-25-23(12-16)27-24(29)20-7-4-17(2)19(14-20)8-5-18-6-9-21-22(13-18)28(3)15-26-21/h4,6-7,9-15H,1-3H3,(H,25,27,29). The Morgan fingerprint density at radius 1 is 1.00 bits per heavy atom. The van der Waals surface area contributed by atoms with E-state index in [4.69, 9.17) is 0 Å². The highest BCUT2D eigenvalue weighted by Crippen LogP contribution is 2.15. The Kier molecular flexibility index (Phi) is 4.84. The molecule has 1 N–H and O–H groups in total. The number of hydrogen-bond acceptors (Lipinski definition) is 3. The van der Waals surface area contributed by atoms with Gasteiger partial charge in [0.05, 0.1) is 17.4 Å². The van der Waals surface area contributed by atoms with E-state index in [1.165, 1.54) is 0 Å². The first-order valence-electron chi connectivity index (χ1n) is 9.27. The van der Waals surface area contributed by atoms with Gasteiger partial charge in [-0.25, -0.2) is 9.97 Å². The van der Waals surface area contributed by atoms with Crippen molar-refractivity contribution in [3.63, 3.8) is 0 Å². The Morgan fingerprint density at radius 2 is 1.86 bits per heavy atom. The fourth-order valence-electron chi connectivity index (χ4n) is 3.03. The van der Waals surface area contributed by atoms with Crippen molar-refractivity contribution < 1.29 is 4.79 Å². The summed E-state index contributed by atoms with van der Waals surface area (Å²) in [6.45, 7) is 3.94. The van der Waals surface area contributed by atoms with Crippen molar-refractivity contribution in [1.82, 2.24) is 14.5 Å². The van der Waals surface area contributed by atoms with Crippen LogP contribution in [0.2, 0.25) is 0 Å². The number of carbonyl (C=O) groups excluding carboxylic acids is 1. The molecule has 0 spiro atoms. The molecule has 0 atom stereocenters. The molecule has 29 heavy (non-hydrogen) atoms. The lowest BCUT2D eigenvalue weighted by molar-refractivity contribution is 0.102. The molecule has 0 saturated heterocycles. The Morgan fingerprint density at radius 3 is 2.69 bits per heavy atom. The van der Waals surface area contributed by atoms with Gasteiger partial charge >= 0.3 is 0 Å². The number of nitrogens with zero attached hydrogens (tertiary/aromatic N) is 3. The summed E-state index contributed by atoms with van der Waals surface area (Å²) in [5, 5.41) is 2.83. The average molecular weight is 380 g/mol. The summed E-state index contributed by atoms with van der Waals surface area (Å²) in [5.41, 5.74) is 6.30. The number of anilines is 1. The molecule has 2 aromatic heterocycles. The molecule has 0 radical (unpaired) electrons. The van der Waals surface area contributed by atoms with Crippen molar-refractivity contribution in [3.8, 4) is 11.8 Å². The Labute approximate surface area is 169 Å². The highest BCUT2D eigenvalue weighted by Gasteiger charge is 2.09. The smallest absolute Gasteiger partial charge is 0.256 e. The SMILES string of the molecule is Cc1ccnc(NC(=O)c2ccc(C)c(C#Cc3ccc4ncn(C)c4c3)c2)c1. The van der Waals surface area contributed by atoms with Gasteiger partial charge in [-0.05, 0) is 67.4 Å². The zero-order valence-corrected chi connectivity index (χ0v) is 16.5. The van der Waals surface area contributed by atoms with Gasteiger partial charge in [-0.2, -0.15) is 0 Å². The summed E-state index contributed by atoms with van der Waals surface area (Å²) in [6.07, 6.45) is 3.47. The predicted octanol–water partition coefficient (Wildman–Crippen LogP) is 4.24. The van der Waals surface area contributed by atoms with Gasteiger partial charge in [-0.3, -0.25) is 4.79 Å². The Balaban J connectivity index is 1.60. The van der Waals surface area contributed by atoms with E-state index in [0.717, 1.165) is 33.3 Å². The summed E-state index contributed by atoms with van der Waals surface area (Å²) in [7, 11) is 1.96. The molecule has 5 heteroatoms. The van der Waals surface area contributed by atoms with Gasteiger partial charge in [0.1, 0.15) is 5.82 Å². The van der Waals surface area contributed by atoms with Crippen molar-refractivity contribution >= 4 is 22.8 Å². The van der Waals surface area contributed by atoms with Crippen molar-refractivity contribution in [2.45, 2.75) is 13.8 Å². The first-order chi connectivity index (χ1) is 14.0. The molecular formula is C24H20N4O. The fraction of sp³-hybridized carbons (Fsp3) is 0.125. The van der Waals surface area contributed by atoms with Crippen LogP contribution in [0.4, 0.5) is 5.82 Å². The van der Waals surface area contributed by atoms with E-state index in [9.17, 15) is 4.79 Å². The lowest BCUT2D eigenvalue weighted by Gasteiger charge is -2.07. The van der Waals surface area contributed by atoms with Crippen molar-refractivity contribution in [1.29, 1.82) is 0 Å². The summed E-state index contributed by atoms with van der Waals surface area (Å²) < 4.78 is 1.97. The molecule has 0 aliphatic carbocycles. The van der Waals surface area contributed by atoms with Gasteiger partial charge in [0.2, 0.25) is 0 Å². The van der Waals surface area contributed by atoms with E-state index < -0.39 is 0 Å². The monoisotopic (exact) mass is 380 g/mol. The first kappa shape index (κ1) is 18.5. The molecule has 0 bridgehead atoms. The molecule has 0 saturated carbocycles. The largest absolute Gasteiger partial charge is 0.334 e. The summed E-state index contributed by atoms with van der Waals surface area (Å²) in [6, 6.07) is 15.2. The molecule has 2 aromatic carbocycles. The molecular weight excluding hydrogens is 360 g/mol. The lowest BCUT2D eigenvalue weighted by atomic mass is 10.0. The van der Waals surface area contributed by atoms with Crippen LogP contribution < -0.4 is 5.32 Å². The van der Waals surface area contributed by atoms with Crippen LogP contribution in [0.15, 0.2) is 61.1 Å². The van der Waals surface area contributed by atoms with Crippen LogP contribution in [0.5, 0.6) is 0 Å². The number of aryl methyl sites for hydroxylation is 3. The Bertz CT molecular complexity index is 1290. The van der Waals surface area contributed by atoms with Crippen LogP contribution >= 0.6 is 0 Å². The number of imidazole rings is 1. The molecule has 0 unspecified atom stereocenters. The fourth-order valence-corrected chi connectivity index (χ4v) is 3.03. The predicted molar refractivity (Wildman–Crippen MR) is 115 cm³/mol. The van der Waals surface area contributed by atoms with Crippen LogP contribution in [-0.4, -0.2) is 20.4 Å². The molecule has 5 nitrogen and oxygen atoms in total. The van der Waals surface area contributed by atoms with E-state index in [1.807, 2.05) is 67.9 Å². The number of amides is 1. The van der Waals surface area contributed by atoms with Crippen LogP contribution in [0, 0.1) is 25.7 Å². The number of aromatic nitrogens is 3. The third-order valence-corrected chi connectivity index (χ3v) is 4.72. The number of fused-ring (bicyclic) bond motifs is 1. The van der Waals surface area contributed by atoms with Crippen LogP contribution in [0.3, 0.4) is 0 Å². The maximum Gasteiger partial charge on any atom is 0.256 e. The quantitative estimate of drug-likeness (QED) is 0.529. The second kappa shape index (κ2) is 7.61. The summed E-state index contributed by atoms with van der Waals surface area (Å²) in [5.74, 6) is 6.73. The van der Waals surface area contributed by atoms with E-state index >= 15 is 0 Å². The van der Waals surface area contributed by atoms with Crippen molar-refractivity contribution in [2.75, 3.05) is 5.32 Å². The van der Waals surface area contributed by atoms with Gasteiger partial charge < -0.3 is 9.88 Å². The lowest BCUT2D eigenvalue weighted by Crippen LogP contribution is -2.13.